The molecule has 0 radical (unpaired) electrons. The first-order chi connectivity index (χ1) is 11.1. The van der Waals surface area contributed by atoms with E-state index < -0.39 is 0 Å². The summed E-state index contributed by atoms with van der Waals surface area (Å²) in [6.07, 6.45) is -0.179. The first kappa shape index (κ1) is 18.3. The maximum atomic E-state index is 11.6. The van der Waals surface area contributed by atoms with E-state index in [0.29, 0.717) is 23.2 Å². The van der Waals surface area contributed by atoms with Crippen molar-refractivity contribution in [2.45, 2.75) is 12.0 Å². The zero-order valence-corrected chi connectivity index (χ0v) is 14.2. The van der Waals surface area contributed by atoms with Crippen molar-refractivity contribution in [3.8, 4) is 0 Å². The van der Waals surface area contributed by atoms with Crippen LogP contribution in [0.3, 0.4) is 0 Å². The summed E-state index contributed by atoms with van der Waals surface area (Å²) >= 11 is 12.1. The van der Waals surface area contributed by atoms with Crippen LogP contribution in [0.15, 0.2) is 18.2 Å². The number of halogens is 2. The van der Waals surface area contributed by atoms with Crippen LogP contribution in [0.5, 0.6) is 0 Å². The van der Waals surface area contributed by atoms with Gasteiger partial charge in [-0.15, -0.1) is 0 Å². The van der Waals surface area contributed by atoms with Gasteiger partial charge in [0.1, 0.15) is 0 Å². The molecule has 8 heteroatoms. The molecule has 23 heavy (non-hydrogen) atoms. The van der Waals surface area contributed by atoms with Gasteiger partial charge < -0.3 is 25.8 Å². The number of aliphatic hydroxyl groups excluding tert-OH is 1. The number of carbonyl (C=O) groups excluding carboxylic acids is 1. The van der Waals surface area contributed by atoms with Crippen molar-refractivity contribution in [3.63, 3.8) is 0 Å². The second-order valence-corrected chi connectivity index (χ2v) is 6.07. The molecule has 0 spiro atoms. The van der Waals surface area contributed by atoms with Crippen LogP contribution < -0.4 is 16.0 Å². The Labute approximate surface area is 145 Å². The number of hydrogen-bond acceptors (Lipinski definition) is 4. The Hall–Kier alpha value is -1.05. The van der Waals surface area contributed by atoms with Gasteiger partial charge in [0.05, 0.1) is 29.4 Å². The van der Waals surface area contributed by atoms with Gasteiger partial charge in [-0.1, -0.05) is 29.3 Å². The van der Waals surface area contributed by atoms with Gasteiger partial charge in [-0.25, -0.2) is 4.79 Å². The van der Waals surface area contributed by atoms with E-state index in [1.807, 2.05) is 12.1 Å². The van der Waals surface area contributed by atoms with Gasteiger partial charge in [0.15, 0.2) is 0 Å². The van der Waals surface area contributed by atoms with Crippen LogP contribution in [-0.4, -0.2) is 56.6 Å². The summed E-state index contributed by atoms with van der Waals surface area (Å²) in [4.78, 5) is 11.6. The molecule has 1 aliphatic heterocycles. The van der Waals surface area contributed by atoms with E-state index in [1.165, 1.54) is 0 Å². The van der Waals surface area contributed by atoms with Gasteiger partial charge in [-0.2, -0.15) is 0 Å². The van der Waals surface area contributed by atoms with Crippen LogP contribution in [-0.2, 0) is 4.74 Å². The van der Waals surface area contributed by atoms with Crippen molar-refractivity contribution < 1.29 is 14.6 Å². The molecule has 0 aliphatic carbocycles. The maximum Gasteiger partial charge on any atom is 0.314 e. The third-order valence-corrected chi connectivity index (χ3v) is 4.40. The Morgan fingerprint density at radius 2 is 2.17 bits per heavy atom. The van der Waals surface area contributed by atoms with Crippen molar-refractivity contribution in [1.29, 1.82) is 0 Å². The molecule has 1 fully saturated rings. The maximum absolute atomic E-state index is 11.6. The van der Waals surface area contributed by atoms with Crippen LogP contribution >= 0.6 is 23.2 Å². The van der Waals surface area contributed by atoms with Crippen LogP contribution in [0.2, 0.25) is 10.0 Å². The Morgan fingerprint density at radius 1 is 1.35 bits per heavy atom. The summed E-state index contributed by atoms with van der Waals surface area (Å²) in [6.45, 7) is 2.54. The summed E-state index contributed by atoms with van der Waals surface area (Å²) < 4.78 is 5.86. The molecule has 1 aromatic carbocycles. The molecule has 0 bridgehead atoms. The van der Waals surface area contributed by atoms with Crippen LogP contribution in [0.1, 0.15) is 11.5 Å². The SMILES string of the molecule is O=C(NCCO)NCC1OCCNCC1c1ccc(Cl)c(Cl)c1. The van der Waals surface area contributed by atoms with Crippen molar-refractivity contribution in [3.05, 3.63) is 33.8 Å². The highest BCUT2D eigenvalue weighted by atomic mass is 35.5. The Morgan fingerprint density at radius 3 is 2.91 bits per heavy atom. The number of carbonyl (C=O) groups is 1. The highest BCUT2D eigenvalue weighted by molar-refractivity contribution is 6.42. The van der Waals surface area contributed by atoms with Crippen LogP contribution in [0.4, 0.5) is 4.79 Å². The minimum Gasteiger partial charge on any atom is -0.395 e. The predicted molar refractivity (Wildman–Crippen MR) is 90.3 cm³/mol. The average molecular weight is 362 g/mol. The van der Waals surface area contributed by atoms with Gasteiger partial charge in [0.25, 0.3) is 0 Å². The first-order valence-electron chi connectivity index (χ1n) is 7.51. The molecule has 128 valence electrons. The molecule has 0 saturated carbocycles. The van der Waals surface area contributed by atoms with Crippen molar-refractivity contribution in [2.75, 3.05) is 39.4 Å². The van der Waals surface area contributed by atoms with Crippen molar-refractivity contribution in [2.24, 2.45) is 0 Å². The zero-order chi connectivity index (χ0) is 16.7. The fourth-order valence-corrected chi connectivity index (χ4v) is 2.80. The highest BCUT2D eigenvalue weighted by Crippen LogP contribution is 2.29. The monoisotopic (exact) mass is 361 g/mol. The molecule has 6 nitrogen and oxygen atoms in total. The fraction of sp³-hybridized carbons (Fsp3) is 0.533. The molecule has 0 aromatic heterocycles. The molecule has 1 heterocycles. The number of amides is 2. The number of ether oxygens (including phenoxy) is 1. The Kier molecular flexibility index (Phi) is 7.39. The third-order valence-electron chi connectivity index (χ3n) is 3.66. The van der Waals surface area contributed by atoms with Crippen LogP contribution in [0, 0.1) is 0 Å². The summed E-state index contributed by atoms with van der Waals surface area (Å²) in [7, 11) is 0. The highest BCUT2D eigenvalue weighted by Gasteiger charge is 2.27. The quantitative estimate of drug-likeness (QED) is 0.638. The van der Waals surface area contributed by atoms with Gasteiger partial charge in [-0.3, -0.25) is 0 Å². The molecule has 4 N–H and O–H groups in total. The molecule has 2 amide bonds. The lowest BCUT2D eigenvalue weighted by Gasteiger charge is -2.25. The second kappa shape index (κ2) is 9.30. The van der Waals surface area contributed by atoms with E-state index in [0.717, 1.165) is 18.7 Å². The lowest BCUT2D eigenvalue weighted by atomic mass is 9.93. The standard InChI is InChI=1S/C15H21Cl2N3O3/c16-12-2-1-10(7-13(12)17)11-8-18-4-6-23-14(11)9-20-15(22)19-3-5-21/h1-2,7,11,14,18,21H,3-6,8-9H2,(H2,19,20,22). The van der Waals surface area contributed by atoms with E-state index in [4.69, 9.17) is 33.0 Å². The third kappa shape index (κ3) is 5.51. The number of nitrogens with one attached hydrogen (secondary N) is 3. The number of urea groups is 1. The molecular weight excluding hydrogens is 341 g/mol. The molecule has 1 aliphatic rings. The molecule has 2 atom stereocenters. The van der Waals surface area contributed by atoms with E-state index in [1.54, 1.807) is 6.07 Å². The number of benzene rings is 1. The lowest BCUT2D eigenvalue weighted by Crippen LogP contribution is -2.43. The molecule has 2 unspecified atom stereocenters. The summed E-state index contributed by atoms with van der Waals surface area (Å²) in [5.74, 6) is 0.0467. The fourth-order valence-electron chi connectivity index (χ4n) is 2.49. The first-order valence-corrected chi connectivity index (χ1v) is 8.27. The molecule has 2 rings (SSSR count). The summed E-state index contributed by atoms with van der Waals surface area (Å²) in [6, 6.07) is 5.20. The summed E-state index contributed by atoms with van der Waals surface area (Å²) in [5, 5.41) is 18.4. The van der Waals surface area contributed by atoms with Crippen LogP contribution in [0.25, 0.3) is 0 Å². The normalized spacial score (nSPS) is 21.5. The number of aliphatic hydroxyl groups is 1. The van der Waals surface area contributed by atoms with Gasteiger partial charge in [0.2, 0.25) is 0 Å². The minimum absolute atomic E-state index is 0.0467. The van der Waals surface area contributed by atoms with E-state index >= 15 is 0 Å². The topological polar surface area (TPSA) is 82.6 Å². The van der Waals surface area contributed by atoms with Gasteiger partial charge in [-0.05, 0) is 17.7 Å². The Balaban J connectivity index is 2.04. The van der Waals surface area contributed by atoms with E-state index in [2.05, 4.69) is 16.0 Å². The molecular formula is C15H21Cl2N3O3. The predicted octanol–water partition coefficient (Wildman–Crippen LogP) is 1.36. The summed E-state index contributed by atoms with van der Waals surface area (Å²) in [5.41, 5.74) is 1.01. The van der Waals surface area contributed by atoms with Gasteiger partial charge in [0, 0.05) is 32.1 Å². The second-order valence-electron chi connectivity index (χ2n) is 5.25. The smallest absolute Gasteiger partial charge is 0.314 e. The molecule has 1 saturated heterocycles. The zero-order valence-electron chi connectivity index (χ0n) is 12.6. The van der Waals surface area contributed by atoms with Gasteiger partial charge >= 0.3 is 6.03 Å². The Bertz CT molecular complexity index is 531. The number of rotatable bonds is 5. The van der Waals surface area contributed by atoms with E-state index in [9.17, 15) is 4.79 Å². The average Bonchev–Trinajstić information content (AvgIpc) is 2.79. The van der Waals surface area contributed by atoms with E-state index in [-0.39, 0.29) is 31.2 Å². The largest absolute Gasteiger partial charge is 0.395 e. The van der Waals surface area contributed by atoms with Crippen molar-refractivity contribution in [1.82, 2.24) is 16.0 Å². The minimum atomic E-state index is -0.326. The molecule has 1 aromatic rings. The number of hydrogen-bond donors (Lipinski definition) is 4. The van der Waals surface area contributed by atoms with Crippen molar-refractivity contribution >= 4 is 29.2 Å². The lowest BCUT2D eigenvalue weighted by molar-refractivity contribution is 0.0539.